The normalized spacial score (nSPS) is 25.8. The maximum absolute atomic E-state index is 12.5. The highest BCUT2D eigenvalue weighted by atomic mass is 16.5. The fourth-order valence-electron chi connectivity index (χ4n) is 4.30. The molecule has 1 spiro atoms. The van der Waals surface area contributed by atoms with Crippen LogP contribution in [-0.2, 0) is 16.1 Å². The molecule has 2 aliphatic rings. The van der Waals surface area contributed by atoms with Crippen LogP contribution in [0.15, 0.2) is 4.52 Å². The molecule has 0 saturated carbocycles. The molecule has 0 radical (unpaired) electrons. The van der Waals surface area contributed by atoms with Crippen molar-refractivity contribution in [2.75, 3.05) is 53.5 Å². The van der Waals surface area contributed by atoms with Crippen LogP contribution < -0.4 is 0 Å². The van der Waals surface area contributed by atoms with Gasteiger partial charge in [0.1, 0.15) is 5.76 Å². The van der Waals surface area contributed by atoms with Gasteiger partial charge in [-0.25, -0.2) is 0 Å². The molecule has 0 aliphatic carbocycles. The molecular formula is C19H32N4O3. The van der Waals surface area contributed by atoms with E-state index < -0.39 is 0 Å². The van der Waals surface area contributed by atoms with Crippen molar-refractivity contribution in [1.29, 1.82) is 0 Å². The Morgan fingerprint density at radius 3 is 2.73 bits per heavy atom. The number of aromatic nitrogens is 1. The summed E-state index contributed by atoms with van der Waals surface area (Å²) in [5.41, 5.74) is 2.25. The summed E-state index contributed by atoms with van der Waals surface area (Å²) >= 11 is 0. The third kappa shape index (κ3) is 3.94. The lowest BCUT2D eigenvalue weighted by Crippen LogP contribution is -2.60. The molecule has 2 aliphatic heterocycles. The smallest absolute Gasteiger partial charge is 0.222 e. The first-order chi connectivity index (χ1) is 12.4. The summed E-state index contributed by atoms with van der Waals surface area (Å²) in [7, 11) is 3.90. The monoisotopic (exact) mass is 364 g/mol. The van der Waals surface area contributed by atoms with Crippen LogP contribution in [0.2, 0.25) is 0 Å². The molecular weight excluding hydrogens is 332 g/mol. The molecule has 0 aromatic carbocycles. The molecule has 1 unspecified atom stereocenters. The second-order valence-electron chi connectivity index (χ2n) is 7.78. The molecule has 1 aromatic heterocycles. The molecule has 2 fully saturated rings. The molecule has 1 aromatic rings. The van der Waals surface area contributed by atoms with Gasteiger partial charge in [-0.2, -0.15) is 0 Å². The van der Waals surface area contributed by atoms with Crippen LogP contribution in [0, 0.1) is 13.8 Å². The van der Waals surface area contributed by atoms with Crippen LogP contribution in [-0.4, -0.2) is 84.8 Å². The van der Waals surface area contributed by atoms with Crippen molar-refractivity contribution in [1.82, 2.24) is 19.9 Å². The predicted molar refractivity (Wildman–Crippen MR) is 98.9 cm³/mol. The van der Waals surface area contributed by atoms with E-state index in [1.54, 1.807) is 7.11 Å². The SMILES string of the molecule is COCCN1CCC2(CCC1=O)CN(Cc1c(C)noc1C)CCN2C. The fourth-order valence-corrected chi connectivity index (χ4v) is 4.30. The number of hydrogen-bond acceptors (Lipinski definition) is 6. The summed E-state index contributed by atoms with van der Waals surface area (Å²) in [5, 5.41) is 4.09. The second kappa shape index (κ2) is 8.06. The molecule has 1 atom stereocenters. The number of likely N-dealkylation sites (N-methyl/N-ethyl adjacent to an activating group) is 1. The van der Waals surface area contributed by atoms with Gasteiger partial charge in [0.15, 0.2) is 0 Å². The van der Waals surface area contributed by atoms with E-state index in [-0.39, 0.29) is 11.4 Å². The number of aryl methyl sites for hydroxylation is 2. The van der Waals surface area contributed by atoms with Crippen LogP contribution in [0.25, 0.3) is 0 Å². The molecule has 7 heteroatoms. The van der Waals surface area contributed by atoms with Crippen molar-refractivity contribution in [3.05, 3.63) is 17.0 Å². The summed E-state index contributed by atoms with van der Waals surface area (Å²) in [4.78, 5) is 19.4. The summed E-state index contributed by atoms with van der Waals surface area (Å²) in [6.45, 7) is 10.0. The first-order valence-electron chi connectivity index (χ1n) is 9.57. The number of hydrogen-bond donors (Lipinski definition) is 0. The number of carbonyl (C=O) groups excluding carboxylic acids is 1. The highest BCUT2D eigenvalue weighted by Crippen LogP contribution is 2.33. The Morgan fingerprint density at radius 1 is 1.23 bits per heavy atom. The number of likely N-dealkylation sites (tertiary alicyclic amines) is 1. The lowest BCUT2D eigenvalue weighted by molar-refractivity contribution is -0.131. The Kier molecular flexibility index (Phi) is 5.99. The maximum Gasteiger partial charge on any atom is 0.222 e. The highest BCUT2D eigenvalue weighted by molar-refractivity contribution is 5.76. The van der Waals surface area contributed by atoms with Crippen molar-refractivity contribution in [3.8, 4) is 0 Å². The third-order valence-corrected chi connectivity index (χ3v) is 6.21. The van der Waals surface area contributed by atoms with Crippen LogP contribution in [0.5, 0.6) is 0 Å². The van der Waals surface area contributed by atoms with Crippen molar-refractivity contribution < 1.29 is 14.1 Å². The molecule has 0 bridgehead atoms. The van der Waals surface area contributed by atoms with Gasteiger partial charge in [-0.15, -0.1) is 0 Å². The Bertz CT molecular complexity index is 613. The van der Waals surface area contributed by atoms with E-state index in [4.69, 9.17) is 9.26 Å². The van der Waals surface area contributed by atoms with Gasteiger partial charge in [0.25, 0.3) is 0 Å². The van der Waals surface area contributed by atoms with Crippen LogP contribution in [0.3, 0.4) is 0 Å². The molecule has 3 rings (SSSR count). The number of piperazine rings is 1. The minimum absolute atomic E-state index is 0.0642. The number of rotatable bonds is 5. The van der Waals surface area contributed by atoms with E-state index >= 15 is 0 Å². The molecule has 2 saturated heterocycles. The van der Waals surface area contributed by atoms with Gasteiger partial charge in [0, 0.05) is 63.9 Å². The van der Waals surface area contributed by atoms with Gasteiger partial charge in [-0.1, -0.05) is 5.16 Å². The first-order valence-corrected chi connectivity index (χ1v) is 9.57. The summed E-state index contributed by atoms with van der Waals surface area (Å²) in [6.07, 6.45) is 2.55. The zero-order valence-corrected chi connectivity index (χ0v) is 16.6. The molecule has 3 heterocycles. The second-order valence-corrected chi connectivity index (χ2v) is 7.78. The van der Waals surface area contributed by atoms with Crippen LogP contribution in [0.4, 0.5) is 0 Å². The van der Waals surface area contributed by atoms with E-state index in [1.807, 2.05) is 18.7 Å². The average molecular weight is 364 g/mol. The van der Waals surface area contributed by atoms with Gasteiger partial charge in [-0.3, -0.25) is 14.6 Å². The minimum Gasteiger partial charge on any atom is -0.383 e. The summed E-state index contributed by atoms with van der Waals surface area (Å²) < 4.78 is 10.5. The maximum atomic E-state index is 12.5. The zero-order chi connectivity index (χ0) is 18.7. The molecule has 26 heavy (non-hydrogen) atoms. The van der Waals surface area contributed by atoms with E-state index in [0.29, 0.717) is 19.6 Å². The molecule has 7 nitrogen and oxygen atoms in total. The van der Waals surface area contributed by atoms with Crippen molar-refractivity contribution >= 4 is 5.91 Å². The van der Waals surface area contributed by atoms with Crippen molar-refractivity contribution in [3.63, 3.8) is 0 Å². The summed E-state index contributed by atoms with van der Waals surface area (Å²) in [6, 6.07) is 0. The number of amides is 1. The molecule has 0 N–H and O–H groups in total. The summed E-state index contributed by atoms with van der Waals surface area (Å²) in [5.74, 6) is 1.17. The van der Waals surface area contributed by atoms with Gasteiger partial charge in [-0.05, 0) is 33.7 Å². The lowest BCUT2D eigenvalue weighted by Gasteiger charge is -2.49. The van der Waals surface area contributed by atoms with Crippen LogP contribution in [0.1, 0.15) is 36.3 Å². The van der Waals surface area contributed by atoms with Crippen molar-refractivity contribution in [2.24, 2.45) is 0 Å². The van der Waals surface area contributed by atoms with Crippen molar-refractivity contribution in [2.45, 2.75) is 45.2 Å². The molecule has 1 amide bonds. The van der Waals surface area contributed by atoms with E-state index in [2.05, 4.69) is 22.0 Å². The fraction of sp³-hybridized carbons (Fsp3) is 0.789. The van der Waals surface area contributed by atoms with Gasteiger partial charge >= 0.3 is 0 Å². The third-order valence-electron chi connectivity index (χ3n) is 6.21. The first kappa shape index (κ1) is 19.3. The Morgan fingerprint density at radius 2 is 2.04 bits per heavy atom. The predicted octanol–water partition coefficient (Wildman–Crippen LogP) is 1.44. The lowest BCUT2D eigenvalue weighted by atomic mass is 9.86. The van der Waals surface area contributed by atoms with Crippen LogP contribution >= 0.6 is 0 Å². The topological polar surface area (TPSA) is 62.1 Å². The average Bonchev–Trinajstić information content (AvgIpc) is 2.85. The zero-order valence-electron chi connectivity index (χ0n) is 16.6. The number of carbonyl (C=O) groups is 1. The van der Waals surface area contributed by atoms with E-state index in [0.717, 1.165) is 57.0 Å². The van der Waals surface area contributed by atoms with Gasteiger partial charge in [0.05, 0.1) is 12.3 Å². The minimum atomic E-state index is 0.0642. The highest BCUT2D eigenvalue weighted by Gasteiger charge is 2.42. The Hall–Kier alpha value is -1.44. The van der Waals surface area contributed by atoms with E-state index in [9.17, 15) is 4.79 Å². The van der Waals surface area contributed by atoms with Gasteiger partial charge < -0.3 is 14.2 Å². The molecule has 146 valence electrons. The largest absolute Gasteiger partial charge is 0.383 e. The number of ether oxygens (including phenoxy) is 1. The van der Waals surface area contributed by atoms with E-state index in [1.165, 1.54) is 5.56 Å². The Balaban J connectivity index is 1.70. The van der Waals surface area contributed by atoms with Gasteiger partial charge in [0.2, 0.25) is 5.91 Å². The number of methoxy groups -OCH3 is 1. The number of nitrogens with zero attached hydrogens (tertiary/aromatic N) is 4. The Labute approximate surface area is 156 Å². The quantitative estimate of drug-likeness (QED) is 0.788. The standard InChI is InChI=1S/C19H32N4O3/c1-15-17(16(2)26-20-15)13-22-10-9-21(3)19(14-22)6-5-18(24)23(8-7-19)11-12-25-4/h5-14H2,1-4H3.